The van der Waals surface area contributed by atoms with Crippen LogP contribution in [0.5, 0.6) is 5.88 Å². The van der Waals surface area contributed by atoms with Gasteiger partial charge in [0.25, 0.3) is 0 Å². The Balaban J connectivity index is 1.84. The summed E-state index contributed by atoms with van der Waals surface area (Å²) >= 11 is 1.48. The maximum Gasteiger partial charge on any atom is 0.232 e. The predicted molar refractivity (Wildman–Crippen MR) is 93.4 cm³/mol. The second kappa shape index (κ2) is 7.21. The lowest BCUT2D eigenvalue weighted by atomic mass is 10.0. The summed E-state index contributed by atoms with van der Waals surface area (Å²) in [4.78, 5) is 8.62. The third-order valence-electron chi connectivity index (χ3n) is 3.48. The molecule has 0 unspecified atom stereocenters. The predicted octanol–water partition coefficient (Wildman–Crippen LogP) is 3.68. The largest absolute Gasteiger partial charge is 0.469 e. The Morgan fingerprint density at radius 2 is 2.08 bits per heavy atom. The van der Waals surface area contributed by atoms with Crippen molar-refractivity contribution >= 4 is 11.3 Å². The first kappa shape index (κ1) is 16.1. The highest BCUT2D eigenvalue weighted by atomic mass is 32.1. The van der Waals surface area contributed by atoms with Gasteiger partial charge in [-0.1, -0.05) is 30.3 Å². The molecule has 0 fully saturated rings. The van der Waals surface area contributed by atoms with Crippen LogP contribution < -0.4 is 10.5 Å². The number of rotatable bonds is 5. The molecular weight excluding hydrogens is 320 g/mol. The number of thiazole rings is 1. The molecule has 3 aromatic rings. The smallest absolute Gasteiger partial charge is 0.232 e. The van der Waals surface area contributed by atoms with Crippen molar-refractivity contribution < 1.29 is 4.74 Å². The Kier molecular flexibility index (Phi) is 4.85. The van der Waals surface area contributed by atoms with Crippen molar-refractivity contribution in [2.75, 3.05) is 0 Å². The van der Waals surface area contributed by atoms with E-state index in [1.165, 1.54) is 11.3 Å². The second-order valence-electron chi connectivity index (χ2n) is 5.26. The number of aromatic nitrogens is 2. The molecule has 0 saturated heterocycles. The molecule has 1 aromatic carbocycles. The highest BCUT2D eigenvalue weighted by molar-refractivity contribution is 7.09. The van der Waals surface area contributed by atoms with Gasteiger partial charge in [-0.3, -0.25) is 0 Å². The van der Waals surface area contributed by atoms with E-state index in [0.29, 0.717) is 11.4 Å². The van der Waals surface area contributed by atoms with E-state index in [4.69, 9.17) is 10.5 Å². The minimum Gasteiger partial charge on any atom is -0.469 e. The van der Waals surface area contributed by atoms with E-state index >= 15 is 0 Å². The van der Waals surface area contributed by atoms with Gasteiger partial charge >= 0.3 is 0 Å². The number of ether oxygens (including phenoxy) is 1. The molecule has 0 aliphatic heterocycles. The number of nitrogens with zero attached hydrogens (tertiary/aromatic N) is 3. The van der Waals surface area contributed by atoms with Crippen molar-refractivity contribution in [3.63, 3.8) is 0 Å². The molecule has 0 spiro atoms. The Morgan fingerprint density at radius 3 is 2.75 bits per heavy atom. The van der Waals surface area contributed by atoms with E-state index in [1.807, 2.05) is 48.7 Å². The average Bonchev–Trinajstić information content (AvgIpc) is 3.09. The Labute approximate surface area is 144 Å². The number of nitrogens with two attached hydrogens (primary N) is 1. The quantitative estimate of drug-likeness (QED) is 0.768. The SMILES string of the molecule is C[C@H](N)c1csc(COc2nccc(-c3ccccc3)c2C#N)n1. The summed E-state index contributed by atoms with van der Waals surface area (Å²) in [6, 6.07) is 13.6. The second-order valence-corrected chi connectivity index (χ2v) is 6.20. The summed E-state index contributed by atoms with van der Waals surface area (Å²) in [5.41, 5.74) is 8.83. The minimum atomic E-state index is -0.107. The van der Waals surface area contributed by atoms with Gasteiger partial charge in [-0.25, -0.2) is 9.97 Å². The maximum absolute atomic E-state index is 9.54. The fourth-order valence-electron chi connectivity index (χ4n) is 2.25. The van der Waals surface area contributed by atoms with Crippen LogP contribution in [0.25, 0.3) is 11.1 Å². The molecule has 0 aliphatic carbocycles. The molecule has 6 heteroatoms. The zero-order valence-corrected chi connectivity index (χ0v) is 14.0. The van der Waals surface area contributed by atoms with Crippen molar-refractivity contribution in [3.05, 3.63) is 64.2 Å². The van der Waals surface area contributed by atoms with Crippen LogP contribution in [0.3, 0.4) is 0 Å². The zero-order valence-electron chi connectivity index (χ0n) is 13.1. The average molecular weight is 336 g/mol. The lowest BCUT2D eigenvalue weighted by Gasteiger charge is -2.09. The molecular formula is C18H16N4OS. The van der Waals surface area contributed by atoms with Gasteiger partial charge < -0.3 is 10.5 Å². The molecule has 5 nitrogen and oxygen atoms in total. The van der Waals surface area contributed by atoms with E-state index in [2.05, 4.69) is 16.0 Å². The Hall–Kier alpha value is -2.75. The standard InChI is InChI=1S/C18H16N4OS/c1-12(20)16-11-24-17(22-16)10-23-18-15(9-19)14(7-8-21-18)13-5-3-2-4-6-13/h2-8,11-12H,10,20H2,1H3/t12-/m0/s1. The van der Waals surface area contributed by atoms with Crippen LogP contribution in [0.2, 0.25) is 0 Å². The maximum atomic E-state index is 9.54. The summed E-state index contributed by atoms with van der Waals surface area (Å²) < 4.78 is 5.74. The van der Waals surface area contributed by atoms with Crippen LogP contribution in [0.1, 0.15) is 29.2 Å². The lowest BCUT2D eigenvalue weighted by Crippen LogP contribution is -2.06. The molecule has 2 heterocycles. The van der Waals surface area contributed by atoms with Gasteiger partial charge in [0.1, 0.15) is 23.2 Å². The van der Waals surface area contributed by atoms with Gasteiger partial charge in [0.05, 0.1) is 5.69 Å². The monoisotopic (exact) mass is 336 g/mol. The van der Waals surface area contributed by atoms with Gasteiger partial charge in [-0.05, 0) is 18.6 Å². The summed E-state index contributed by atoms with van der Waals surface area (Å²) in [6.45, 7) is 2.15. The van der Waals surface area contributed by atoms with Gasteiger partial charge in [0, 0.05) is 23.2 Å². The fraction of sp³-hybridized carbons (Fsp3) is 0.167. The van der Waals surface area contributed by atoms with Crippen molar-refractivity contribution in [3.8, 4) is 23.1 Å². The molecule has 0 radical (unpaired) electrons. The summed E-state index contributed by atoms with van der Waals surface area (Å²) in [6.07, 6.45) is 1.65. The van der Waals surface area contributed by atoms with Gasteiger partial charge in [-0.15, -0.1) is 11.3 Å². The zero-order chi connectivity index (χ0) is 16.9. The van der Waals surface area contributed by atoms with Crippen molar-refractivity contribution in [2.24, 2.45) is 5.73 Å². The van der Waals surface area contributed by atoms with E-state index in [9.17, 15) is 5.26 Å². The number of benzene rings is 1. The third kappa shape index (κ3) is 3.43. The van der Waals surface area contributed by atoms with Crippen LogP contribution in [-0.4, -0.2) is 9.97 Å². The molecule has 0 bridgehead atoms. The molecule has 0 amide bonds. The van der Waals surface area contributed by atoms with E-state index in [0.717, 1.165) is 21.8 Å². The molecule has 0 saturated carbocycles. The van der Waals surface area contributed by atoms with Crippen LogP contribution >= 0.6 is 11.3 Å². The summed E-state index contributed by atoms with van der Waals surface area (Å²) in [5, 5.41) is 12.3. The molecule has 120 valence electrons. The molecule has 3 rings (SSSR count). The van der Waals surface area contributed by atoms with Crippen LogP contribution in [0.4, 0.5) is 0 Å². The molecule has 2 N–H and O–H groups in total. The minimum absolute atomic E-state index is 0.107. The first-order valence-electron chi connectivity index (χ1n) is 7.46. The summed E-state index contributed by atoms with van der Waals surface area (Å²) in [5.74, 6) is 0.316. The molecule has 1 atom stereocenters. The highest BCUT2D eigenvalue weighted by Gasteiger charge is 2.13. The molecule has 24 heavy (non-hydrogen) atoms. The normalized spacial score (nSPS) is 11.7. The number of hydrogen-bond donors (Lipinski definition) is 1. The van der Waals surface area contributed by atoms with Crippen molar-refractivity contribution in [2.45, 2.75) is 19.6 Å². The van der Waals surface area contributed by atoms with Crippen LogP contribution in [0, 0.1) is 11.3 Å². The van der Waals surface area contributed by atoms with Gasteiger partial charge in [-0.2, -0.15) is 5.26 Å². The lowest BCUT2D eigenvalue weighted by molar-refractivity contribution is 0.292. The van der Waals surface area contributed by atoms with Gasteiger partial charge in [0.2, 0.25) is 5.88 Å². The number of hydrogen-bond acceptors (Lipinski definition) is 6. The first-order chi connectivity index (χ1) is 11.7. The Morgan fingerprint density at radius 1 is 1.29 bits per heavy atom. The van der Waals surface area contributed by atoms with Gasteiger partial charge in [0.15, 0.2) is 0 Å². The number of nitriles is 1. The molecule has 0 aliphatic rings. The van der Waals surface area contributed by atoms with Crippen LogP contribution in [-0.2, 0) is 6.61 Å². The topological polar surface area (TPSA) is 84.8 Å². The number of pyridine rings is 1. The summed E-state index contributed by atoms with van der Waals surface area (Å²) in [7, 11) is 0. The third-order valence-corrected chi connectivity index (χ3v) is 4.32. The first-order valence-corrected chi connectivity index (χ1v) is 8.34. The van der Waals surface area contributed by atoms with Crippen LogP contribution in [0.15, 0.2) is 48.0 Å². The fourth-order valence-corrected chi connectivity index (χ4v) is 3.06. The van der Waals surface area contributed by atoms with E-state index in [1.54, 1.807) is 6.20 Å². The van der Waals surface area contributed by atoms with Crippen molar-refractivity contribution in [1.29, 1.82) is 5.26 Å². The Bertz CT molecular complexity index is 868. The highest BCUT2D eigenvalue weighted by Crippen LogP contribution is 2.29. The molecule has 2 aromatic heterocycles. The van der Waals surface area contributed by atoms with E-state index in [-0.39, 0.29) is 12.6 Å². The van der Waals surface area contributed by atoms with Crippen molar-refractivity contribution in [1.82, 2.24) is 9.97 Å². The van der Waals surface area contributed by atoms with E-state index < -0.39 is 0 Å².